The van der Waals surface area contributed by atoms with E-state index in [-0.39, 0.29) is 6.10 Å². The third-order valence-corrected chi connectivity index (χ3v) is 3.38. The maximum Gasteiger partial charge on any atom is 0.326 e. The number of aliphatic carboxylic acids is 1. The summed E-state index contributed by atoms with van der Waals surface area (Å²) in [7, 11) is 0. The van der Waals surface area contributed by atoms with Gasteiger partial charge in [-0.1, -0.05) is 31.5 Å². The molecule has 0 aromatic heterocycles. The van der Waals surface area contributed by atoms with Gasteiger partial charge in [-0.05, 0) is 18.1 Å². The van der Waals surface area contributed by atoms with E-state index in [1.54, 1.807) is 0 Å². The van der Waals surface area contributed by atoms with Crippen LogP contribution in [0.3, 0.4) is 0 Å². The molecule has 21 heavy (non-hydrogen) atoms. The highest BCUT2D eigenvalue weighted by Gasteiger charge is 2.24. The molecular weight excluding hydrogens is 272 g/mol. The minimum absolute atomic E-state index is 0.109. The Balaban J connectivity index is 1.76. The molecule has 1 aromatic rings. The summed E-state index contributed by atoms with van der Waals surface area (Å²) in [5, 5.41) is 14.1. The number of para-hydroxylation sites is 1. The first-order chi connectivity index (χ1) is 10.1. The minimum Gasteiger partial charge on any atom is -0.488 e. The summed E-state index contributed by atoms with van der Waals surface area (Å²) >= 11 is 0. The van der Waals surface area contributed by atoms with Crippen molar-refractivity contribution in [2.24, 2.45) is 0 Å². The monoisotopic (exact) mass is 292 g/mol. The fourth-order valence-corrected chi connectivity index (χ4v) is 2.33. The number of carboxylic acid groups (broad SMARTS) is 1. The second-order valence-electron chi connectivity index (χ2n) is 5.09. The summed E-state index contributed by atoms with van der Waals surface area (Å²) in [6.07, 6.45) is 1.74. The summed E-state index contributed by atoms with van der Waals surface area (Å²) in [4.78, 5) is 22.7. The van der Waals surface area contributed by atoms with Crippen molar-refractivity contribution in [2.45, 2.75) is 38.3 Å². The molecule has 1 aromatic carbocycles. The molecule has 0 radical (unpaired) electrons. The van der Waals surface area contributed by atoms with Gasteiger partial charge in [0.15, 0.2) is 0 Å². The number of hydrogen-bond donors (Lipinski definition) is 3. The number of fused-ring (bicyclic) bond motifs is 1. The highest BCUT2D eigenvalue weighted by atomic mass is 16.5. The molecule has 2 atom stereocenters. The van der Waals surface area contributed by atoms with Crippen LogP contribution in [0.1, 0.15) is 25.3 Å². The van der Waals surface area contributed by atoms with Gasteiger partial charge in [0.05, 0.1) is 6.54 Å². The first-order valence-electron chi connectivity index (χ1n) is 7.12. The van der Waals surface area contributed by atoms with Gasteiger partial charge in [0.25, 0.3) is 0 Å². The van der Waals surface area contributed by atoms with E-state index in [9.17, 15) is 9.59 Å². The van der Waals surface area contributed by atoms with Crippen molar-refractivity contribution >= 4 is 12.0 Å². The lowest BCUT2D eigenvalue weighted by atomic mass is 10.1. The van der Waals surface area contributed by atoms with Crippen molar-refractivity contribution in [1.82, 2.24) is 10.6 Å². The molecule has 1 heterocycles. The minimum atomic E-state index is -1.02. The zero-order valence-electron chi connectivity index (χ0n) is 12.0. The van der Waals surface area contributed by atoms with Gasteiger partial charge in [-0.15, -0.1) is 0 Å². The Morgan fingerprint density at radius 2 is 2.19 bits per heavy atom. The molecule has 6 heteroatoms. The highest BCUT2D eigenvalue weighted by molar-refractivity contribution is 5.82. The lowest BCUT2D eigenvalue weighted by molar-refractivity contribution is -0.139. The Morgan fingerprint density at radius 3 is 2.86 bits per heavy atom. The molecule has 1 unspecified atom stereocenters. The smallest absolute Gasteiger partial charge is 0.326 e. The number of hydrogen-bond acceptors (Lipinski definition) is 3. The number of carbonyl (C=O) groups excluding carboxylic acids is 1. The number of rotatable bonds is 6. The number of ether oxygens (including phenoxy) is 1. The van der Waals surface area contributed by atoms with Crippen LogP contribution in [-0.2, 0) is 11.2 Å². The molecule has 3 N–H and O–H groups in total. The first kappa shape index (κ1) is 15.2. The van der Waals surface area contributed by atoms with Crippen molar-refractivity contribution in [2.75, 3.05) is 6.54 Å². The molecule has 2 rings (SSSR count). The van der Waals surface area contributed by atoms with Gasteiger partial charge in [0.1, 0.15) is 17.9 Å². The lowest BCUT2D eigenvalue weighted by Gasteiger charge is -2.16. The number of amides is 2. The van der Waals surface area contributed by atoms with Crippen LogP contribution < -0.4 is 15.4 Å². The van der Waals surface area contributed by atoms with Gasteiger partial charge in [-0.2, -0.15) is 0 Å². The predicted molar refractivity (Wildman–Crippen MR) is 77.4 cm³/mol. The predicted octanol–water partition coefficient (Wildman–Crippen LogP) is 1.54. The van der Waals surface area contributed by atoms with Gasteiger partial charge in [-0.25, -0.2) is 9.59 Å². The van der Waals surface area contributed by atoms with Crippen LogP contribution in [0, 0.1) is 0 Å². The topological polar surface area (TPSA) is 87.7 Å². The molecule has 1 aliphatic rings. The van der Waals surface area contributed by atoms with E-state index in [1.807, 2.05) is 31.2 Å². The number of benzene rings is 1. The van der Waals surface area contributed by atoms with Gasteiger partial charge in [-0.3, -0.25) is 0 Å². The first-order valence-corrected chi connectivity index (χ1v) is 7.12. The van der Waals surface area contributed by atoms with Crippen molar-refractivity contribution in [3.63, 3.8) is 0 Å². The maximum absolute atomic E-state index is 11.7. The van der Waals surface area contributed by atoms with Crippen LogP contribution >= 0.6 is 0 Å². The number of nitrogens with one attached hydrogen (secondary N) is 2. The summed E-state index contributed by atoms with van der Waals surface area (Å²) in [5.41, 5.74) is 1.12. The lowest BCUT2D eigenvalue weighted by Crippen LogP contribution is -2.48. The number of carboxylic acids is 1. The number of carbonyl (C=O) groups is 2. The Labute approximate surface area is 123 Å². The average Bonchev–Trinajstić information content (AvgIpc) is 2.87. The fraction of sp³-hybridized carbons (Fsp3) is 0.467. The van der Waals surface area contributed by atoms with Crippen LogP contribution in [0.4, 0.5) is 4.79 Å². The molecular formula is C15H20N2O4. The normalized spacial score (nSPS) is 17.5. The van der Waals surface area contributed by atoms with E-state index in [2.05, 4.69) is 10.6 Å². The van der Waals surface area contributed by atoms with Crippen molar-refractivity contribution in [3.05, 3.63) is 29.8 Å². The molecule has 0 spiro atoms. The molecule has 114 valence electrons. The van der Waals surface area contributed by atoms with Crippen molar-refractivity contribution in [3.8, 4) is 5.75 Å². The third-order valence-electron chi connectivity index (χ3n) is 3.38. The summed E-state index contributed by atoms with van der Waals surface area (Å²) in [6, 6.07) is 6.43. The zero-order chi connectivity index (χ0) is 15.2. The Morgan fingerprint density at radius 1 is 1.43 bits per heavy atom. The molecule has 0 fully saturated rings. The largest absolute Gasteiger partial charge is 0.488 e. The molecule has 0 saturated heterocycles. The Bertz CT molecular complexity index is 493. The van der Waals surface area contributed by atoms with Gasteiger partial charge < -0.3 is 20.5 Å². The van der Waals surface area contributed by atoms with E-state index in [0.29, 0.717) is 19.4 Å². The third kappa shape index (κ3) is 4.11. The number of urea groups is 1. The van der Waals surface area contributed by atoms with E-state index < -0.39 is 18.0 Å². The van der Waals surface area contributed by atoms with Crippen LogP contribution in [0.2, 0.25) is 0 Å². The fourth-order valence-electron chi connectivity index (χ4n) is 2.33. The summed E-state index contributed by atoms with van der Waals surface area (Å²) in [5.74, 6) is -0.171. The van der Waals surface area contributed by atoms with Crippen molar-refractivity contribution in [1.29, 1.82) is 0 Å². The van der Waals surface area contributed by atoms with E-state index in [0.717, 1.165) is 17.7 Å². The zero-order valence-corrected chi connectivity index (χ0v) is 12.0. The Kier molecular flexibility index (Phi) is 5.03. The van der Waals surface area contributed by atoms with Gasteiger partial charge in [0, 0.05) is 6.42 Å². The highest BCUT2D eigenvalue weighted by Crippen LogP contribution is 2.27. The van der Waals surface area contributed by atoms with Crippen LogP contribution in [0.15, 0.2) is 24.3 Å². The maximum atomic E-state index is 11.7. The molecule has 0 bridgehead atoms. The summed E-state index contributed by atoms with van der Waals surface area (Å²) in [6.45, 7) is 2.22. The SMILES string of the molecule is CCC[C@H](NC(=O)NCC1Cc2ccccc2O1)C(=O)O. The second-order valence-corrected chi connectivity index (χ2v) is 5.09. The molecule has 0 saturated carbocycles. The molecule has 1 aliphatic heterocycles. The van der Waals surface area contributed by atoms with Crippen LogP contribution in [0.5, 0.6) is 5.75 Å². The Hall–Kier alpha value is -2.24. The van der Waals surface area contributed by atoms with Gasteiger partial charge in [0.2, 0.25) is 0 Å². The average molecular weight is 292 g/mol. The molecule has 6 nitrogen and oxygen atoms in total. The van der Waals surface area contributed by atoms with E-state index in [4.69, 9.17) is 9.84 Å². The summed E-state index contributed by atoms with van der Waals surface area (Å²) < 4.78 is 5.70. The molecule has 0 aliphatic carbocycles. The second kappa shape index (κ2) is 6.97. The van der Waals surface area contributed by atoms with E-state index in [1.165, 1.54) is 0 Å². The molecule has 2 amide bonds. The van der Waals surface area contributed by atoms with Crippen LogP contribution in [0.25, 0.3) is 0 Å². The van der Waals surface area contributed by atoms with Gasteiger partial charge >= 0.3 is 12.0 Å². The standard InChI is InChI=1S/C15H20N2O4/c1-2-5-12(14(18)19)17-15(20)16-9-11-8-10-6-3-4-7-13(10)21-11/h3-4,6-7,11-12H,2,5,8-9H2,1H3,(H,18,19)(H2,16,17,20)/t11?,12-/m0/s1. The van der Waals surface area contributed by atoms with Crippen LogP contribution in [-0.4, -0.2) is 35.8 Å². The van der Waals surface area contributed by atoms with Crippen molar-refractivity contribution < 1.29 is 19.4 Å². The quantitative estimate of drug-likeness (QED) is 0.742. The van der Waals surface area contributed by atoms with E-state index >= 15 is 0 Å².